The summed E-state index contributed by atoms with van der Waals surface area (Å²) >= 11 is 0. The highest BCUT2D eigenvalue weighted by Crippen LogP contribution is 2.27. The average Bonchev–Trinajstić information content (AvgIpc) is 2.81. The molecule has 0 aliphatic rings. The summed E-state index contributed by atoms with van der Waals surface area (Å²) in [6.45, 7) is 3.79. The largest absolute Gasteiger partial charge is 0.497 e. The van der Waals surface area contributed by atoms with Crippen molar-refractivity contribution >= 4 is 18.0 Å². The number of ether oxygens (including phenoxy) is 3. The van der Waals surface area contributed by atoms with Gasteiger partial charge in [-0.15, -0.1) is 6.42 Å². The van der Waals surface area contributed by atoms with Crippen LogP contribution in [0.2, 0.25) is 0 Å². The third kappa shape index (κ3) is 6.77. The number of carbonyl (C=O) groups excluding carboxylic acids is 2. The molecule has 2 amide bonds. The van der Waals surface area contributed by atoms with Crippen LogP contribution in [-0.2, 0) is 4.79 Å². The zero-order chi connectivity index (χ0) is 23.5. The predicted octanol–water partition coefficient (Wildman–Crippen LogP) is 2.62. The normalized spacial score (nSPS) is 11.5. The number of benzene rings is 2. The van der Waals surface area contributed by atoms with Crippen molar-refractivity contribution in [3.8, 4) is 29.6 Å². The van der Waals surface area contributed by atoms with Crippen molar-refractivity contribution in [3.05, 3.63) is 53.6 Å². The van der Waals surface area contributed by atoms with E-state index in [0.717, 1.165) is 0 Å². The van der Waals surface area contributed by atoms with Gasteiger partial charge in [-0.1, -0.05) is 19.8 Å². The molecule has 0 saturated heterocycles. The summed E-state index contributed by atoms with van der Waals surface area (Å²) < 4.78 is 15.8. The number of amides is 2. The van der Waals surface area contributed by atoms with Gasteiger partial charge in [0, 0.05) is 5.56 Å². The van der Waals surface area contributed by atoms with E-state index < -0.39 is 11.9 Å². The number of nitrogens with zero attached hydrogens (tertiary/aromatic N) is 1. The highest BCUT2D eigenvalue weighted by atomic mass is 16.5. The Balaban J connectivity index is 2.02. The second-order valence-electron chi connectivity index (χ2n) is 7.06. The standard InChI is InChI=1S/C24H27N3O5/c1-6-13-32-20-12-7-17(14-21(20)31-5)15-25-27-24(29)22(16(2)3)26-23(28)18-8-10-19(30-4)11-9-18/h1,7-12,14-16,22H,13H2,2-5H3,(H,26,28)(H,27,29). The van der Waals surface area contributed by atoms with Crippen molar-refractivity contribution in [2.24, 2.45) is 11.0 Å². The maximum Gasteiger partial charge on any atom is 0.262 e. The molecule has 0 bridgehead atoms. The van der Waals surface area contributed by atoms with Crippen LogP contribution >= 0.6 is 0 Å². The highest BCUT2D eigenvalue weighted by molar-refractivity contribution is 5.97. The van der Waals surface area contributed by atoms with Crippen LogP contribution in [0.5, 0.6) is 17.2 Å². The Morgan fingerprint density at radius 3 is 2.41 bits per heavy atom. The van der Waals surface area contributed by atoms with Crippen LogP contribution in [0.1, 0.15) is 29.8 Å². The van der Waals surface area contributed by atoms with E-state index in [0.29, 0.717) is 28.4 Å². The van der Waals surface area contributed by atoms with Crippen molar-refractivity contribution in [2.45, 2.75) is 19.9 Å². The molecule has 0 aliphatic carbocycles. The number of methoxy groups -OCH3 is 2. The lowest BCUT2D eigenvalue weighted by molar-refractivity contribution is -0.123. The van der Waals surface area contributed by atoms with Gasteiger partial charge in [0.05, 0.1) is 20.4 Å². The molecular formula is C24H27N3O5. The summed E-state index contributed by atoms with van der Waals surface area (Å²) in [5.41, 5.74) is 3.57. The molecule has 2 N–H and O–H groups in total. The zero-order valence-electron chi connectivity index (χ0n) is 18.5. The SMILES string of the molecule is C#CCOc1ccc(C=NNC(=O)C(NC(=O)c2ccc(OC)cc2)C(C)C)cc1OC. The zero-order valence-corrected chi connectivity index (χ0v) is 18.5. The summed E-state index contributed by atoms with van der Waals surface area (Å²) in [6, 6.07) is 11.0. The smallest absolute Gasteiger partial charge is 0.262 e. The third-order valence-electron chi connectivity index (χ3n) is 4.47. The van der Waals surface area contributed by atoms with E-state index in [-0.39, 0.29) is 18.4 Å². The van der Waals surface area contributed by atoms with Crippen molar-refractivity contribution < 1.29 is 23.8 Å². The Morgan fingerprint density at radius 2 is 1.81 bits per heavy atom. The molecule has 0 radical (unpaired) electrons. The lowest BCUT2D eigenvalue weighted by atomic mass is 10.0. The molecule has 32 heavy (non-hydrogen) atoms. The molecule has 0 saturated carbocycles. The van der Waals surface area contributed by atoms with Crippen molar-refractivity contribution in [2.75, 3.05) is 20.8 Å². The summed E-state index contributed by atoms with van der Waals surface area (Å²) in [7, 11) is 3.06. The minimum Gasteiger partial charge on any atom is -0.497 e. The molecule has 2 aromatic carbocycles. The second kappa shape index (κ2) is 12.0. The first-order chi connectivity index (χ1) is 15.4. The number of rotatable bonds is 10. The van der Waals surface area contributed by atoms with Crippen LogP contribution in [0.25, 0.3) is 0 Å². The fourth-order valence-corrected chi connectivity index (χ4v) is 2.75. The van der Waals surface area contributed by atoms with E-state index in [2.05, 4.69) is 21.8 Å². The van der Waals surface area contributed by atoms with Crippen molar-refractivity contribution in [1.29, 1.82) is 0 Å². The quantitative estimate of drug-likeness (QED) is 0.338. The molecular weight excluding hydrogens is 410 g/mol. The Hall–Kier alpha value is -3.99. The van der Waals surface area contributed by atoms with Gasteiger partial charge in [-0.25, -0.2) is 5.43 Å². The van der Waals surface area contributed by atoms with Crippen LogP contribution in [0.4, 0.5) is 0 Å². The molecule has 0 aliphatic heterocycles. The van der Waals surface area contributed by atoms with Crippen LogP contribution < -0.4 is 25.0 Å². The van der Waals surface area contributed by atoms with E-state index in [1.54, 1.807) is 49.6 Å². The first-order valence-corrected chi connectivity index (χ1v) is 9.91. The molecule has 0 fully saturated rings. The molecule has 0 spiro atoms. The van der Waals surface area contributed by atoms with E-state index in [9.17, 15) is 9.59 Å². The third-order valence-corrected chi connectivity index (χ3v) is 4.47. The fraction of sp³-hybridized carbons (Fsp3) is 0.292. The van der Waals surface area contributed by atoms with Gasteiger partial charge in [-0.05, 0) is 53.9 Å². The average molecular weight is 437 g/mol. The topological polar surface area (TPSA) is 98.2 Å². The minimum atomic E-state index is -0.768. The Morgan fingerprint density at radius 1 is 1.09 bits per heavy atom. The van der Waals surface area contributed by atoms with Crippen LogP contribution in [0, 0.1) is 18.3 Å². The van der Waals surface area contributed by atoms with Crippen LogP contribution in [0.3, 0.4) is 0 Å². The highest BCUT2D eigenvalue weighted by Gasteiger charge is 2.24. The van der Waals surface area contributed by atoms with E-state index >= 15 is 0 Å². The molecule has 8 nitrogen and oxygen atoms in total. The lowest BCUT2D eigenvalue weighted by Crippen LogP contribution is -2.48. The van der Waals surface area contributed by atoms with Gasteiger partial charge < -0.3 is 19.5 Å². The van der Waals surface area contributed by atoms with E-state index in [1.807, 2.05) is 13.8 Å². The van der Waals surface area contributed by atoms with Gasteiger partial charge in [0.25, 0.3) is 11.8 Å². The molecule has 168 valence electrons. The molecule has 2 aromatic rings. The second-order valence-corrected chi connectivity index (χ2v) is 7.06. The monoisotopic (exact) mass is 437 g/mol. The lowest BCUT2D eigenvalue weighted by Gasteiger charge is -2.20. The van der Waals surface area contributed by atoms with Gasteiger partial charge >= 0.3 is 0 Å². The molecule has 0 aromatic heterocycles. The maximum absolute atomic E-state index is 12.6. The number of hydrazone groups is 1. The number of carbonyl (C=O) groups is 2. The Kier molecular flexibility index (Phi) is 9.11. The molecule has 8 heteroatoms. The van der Waals surface area contributed by atoms with Crippen LogP contribution in [-0.4, -0.2) is 44.9 Å². The van der Waals surface area contributed by atoms with E-state index in [4.69, 9.17) is 20.6 Å². The molecule has 1 unspecified atom stereocenters. The number of hydrogen-bond donors (Lipinski definition) is 2. The molecule has 0 heterocycles. The number of terminal acetylenes is 1. The summed E-state index contributed by atoms with van der Waals surface area (Å²) in [6.07, 6.45) is 6.67. The fourth-order valence-electron chi connectivity index (χ4n) is 2.75. The van der Waals surface area contributed by atoms with Crippen molar-refractivity contribution in [3.63, 3.8) is 0 Å². The van der Waals surface area contributed by atoms with Gasteiger partial charge in [-0.3, -0.25) is 9.59 Å². The van der Waals surface area contributed by atoms with Gasteiger partial charge in [0.15, 0.2) is 11.5 Å². The van der Waals surface area contributed by atoms with Gasteiger partial charge in [0.1, 0.15) is 18.4 Å². The number of nitrogens with one attached hydrogen (secondary N) is 2. The summed E-state index contributed by atoms with van der Waals surface area (Å²) in [5.74, 6) is 3.08. The van der Waals surface area contributed by atoms with Crippen LogP contribution in [0.15, 0.2) is 47.6 Å². The predicted molar refractivity (Wildman–Crippen MR) is 122 cm³/mol. The van der Waals surface area contributed by atoms with Gasteiger partial charge in [-0.2, -0.15) is 5.10 Å². The molecule has 1 atom stereocenters. The van der Waals surface area contributed by atoms with Gasteiger partial charge in [0.2, 0.25) is 0 Å². The first kappa shape index (κ1) is 24.3. The summed E-state index contributed by atoms with van der Waals surface area (Å²) in [4.78, 5) is 25.1. The van der Waals surface area contributed by atoms with E-state index in [1.165, 1.54) is 13.3 Å². The Labute approximate surface area is 187 Å². The summed E-state index contributed by atoms with van der Waals surface area (Å²) in [5, 5.41) is 6.74. The number of hydrogen-bond acceptors (Lipinski definition) is 6. The molecule has 2 rings (SSSR count). The minimum absolute atomic E-state index is 0.124. The van der Waals surface area contributed by atoms with Crippen molar-refractivity contribution in [1.82, 2.24) is 10.7 Å². The Bertz CT molecular complexity index is 994. The first-order valence-electron chi connectivity index (χ1n) is 9.91. The maximum atomic E-state index is 12.6.